The van der Waals surface area contributed by atoms with Crippen molar-refractivity contribution in [3.63, 3.8) is 0 Å². The summed E-state index contributed by atoms with van der Waals surface area (Å²) in [5.74, 6) is -0.345. The van der Waals surface area contributed by atoms with Gasteiger partial charge in [0.25, 0.3) is 0 Å². The number of amides is 2. The van der Waals surface area contributed by atoms with E-state index in [1.807, 2.05) is 18.7 Å². The number of carboxylic acids is 1. The van der Waals surface area contributed by atoms with E-state index in [4.69, 9.17) is 0 Å². The number of nitrogens with one attached hydrogen (secondary N) is 1. The van der Waals surface area contributed by atoms with Crippen molar-refractivity contribution in [3.8, 4) is 0 Å². The van der Waals surface area contributed by atoms with Gasteiger partial charge in [-0.1, -0.05) is 6.92 Å². The maximum absolute atomic E-state index is 12.6. The molecular formula is C16H28N2O3. The molecule has 0 aromatic carbocycles. The average molecular weight is 296 g/mol. The molecule has 21 heavy (non-hydrogen) atoms. The maximum Gasteiger partial charge on any atom is 0.329 e. The van der Waals surface area contributed by atoms with Crippen LogP contribution >= 0.6 is 0 Å². The predicted molar refractivity (Wildman–Crippen MR) is 81.1 cm³/mol. The van der Waals surface area contributed by atoms with Crippen LogP contribution in [0.3, 0.4) is 0 Å². The molecule has 0 bridgehead atoms. The summed E-state index contributed by atoms with van der Waals surface area (Å²) in [6.07, 6.45) is 5.91. The van der Waals surface area contributed by atoms with Crippen molar-refractivity contribution in [1.82, 2.24) is 10.2 Å². The summed E-state index contributed by atoms with van der Waals surface area (Å²) in [4.78, 5) is 26.2. The molecule has 1 aliphatic carbocycles. The monoisotopic (exact) mass is 296 g/mol. The van der Waals surface area contributed by atoms with Crippen LogP contribution in [-0.2, 0) is 4.79 Å². The van der Waals surface area contributed by atoms with Gasteiger partial charge < -0.3 is 15.3 Å². The average Bonchev–Trinajstić information content (AvgIpc) is 2.41. The van der Waals surface area contributed by atoms with Crippen molar-refractivity contribution in [2.45, 2.75) is 83.3 Å². The minimum atomic E-state index is -1.07. The van der Waals surface area contributed by atoms with Crippen LogP contribution in [0, 0.1) is 5.92 Å². The van der Waals surface area contributed by atoms with Crippen molar-refractivity contribution >= 4 is 12.0 Å². The Kier molecular flexibility index (Phi) is 4.79. The topological polar surface area (TPSA) is 69.6 Å². The second kappa shape index (κ2) is 6.24. The molecule has 0 aromatic heterocycles. The van der Waals surface area contributed by atoms with E-state index in [-0.39, 0.29) is 18.1 Å². The molecule has 0 aromatic rings. The number of nitrogens with zero attached hydrogens (tertiary/aromatic N) is 1. The van der Waals surface area contributed by atoms with Gasteiger partial charge in [-0.25, -0.2) is 9.59 Å². The van der Waals surface area contributed by atoms with Gasteiger partial charge in [-0.15, -0.1) is 0 Å². The Labute approximate surface area is 127 Å². The van der Waals surface area contributed by atoms with Gasteiger partial charge in [0, 0.05) is 12.1 Å². The third-order valence-electron chi connectivity index (χ3n) is 5.31. The summed E-state index contributed by atoms with van der Waals surface area (Å²) in [6, 6.07) is 0.163. The van der Waals surface area contributed by atoms with Crippen molar-refractivity contribution in [1.29, 1.82) is 0 Å². The molecule has 2 atom stereocenters. The van der Waals surface area contributed by atoms with Crippen LogP contribution in [0.5, 0.6) is 0 Å². The Balaban J connectivity index is 2.09. The zero-order valence-electron chi connectivity index (χ0n) is 13.4. The van der Waals surface area contributed by atoms with E-state index in [1.165, 1.54) is 0 Å². The molecule has 2 amide bonds. The van der Waals surface area contributed by atoms with Gasteiger partial charge in [0.05, 0.1) is 0 Å². The molecule has 5 nitrogen and oxygen atoms in total. The Morgan fingerprint density at radius 1 is 1.05 bits per heavy atom. The Morgan fingerprint density at radius 3 is 2.05 bits per heavy atom. The maximum atomic E-state index is 12.6. The van der Waals surface area contributed by atoms with E-state index in [0.717, 1.165) is 32.1 Å². The van der Waals surface area contributed by atoms with Crippen molar-refractivity contribution in [2.24, 2.45) is 5.92 Å². The van der Waals surface area contributed by atoms with Gasteiger partial charge in [0.15, 0.2) is 0 Å². The molecule has 1 aliphatic heterocycles. The van der Waals surface area contributed by atoms with Gasteiger partial charge in [-0.2, -0.15) is 0 Å². The van der Waals surface area contributed by atoms with Crippen LogP contribution in [0.1, 0.15) is 65.7 Å². The second-order valence-electron chi connectivity index (χ2n) is 7.04. The number of piperidine rings is 1. The third kappa shape index (κ3) is 3.33. The van der Waals surface area contributed by atoms with Gasteiger partial charge in [-0.05, 0) is 64.7 Å². The van der Waals surface area contributed by atoms with Gasteiger partial charge in [0.1, 0.15) is 5.54 Å². The minimum absolute atomic E-state index is 0.183. The fraction of sp³-hybridized carbons (Fsp3) is 0.875. The van der Waals surface area contributed by atoms with Crippen molar-refractivity contribution in [2.75, 3.05) is 0 Å². The van der Waals surface area contributed by atoms with Crippen molar-refractivity contribution < 1.29 is 14.7 Å². The lowest BCUT2D eigenvalue weighted by molar-refractivity contribution is -0.146. The van der Waals surface area contributed by atoms with Crippen molar-refractivity contribution in [3.05, 3.63) is 0 Å². The first-order chi connectivity index (χ1) is 9.85. The number of likely N-dealkylation sites (tertiary alicyclic amines) is 1. The molecule has 0 radical (unpaired) electrons. The van der Waals surface area contributed by atoms with Crippen LogP contribution in [0.25, 0.3) is 0 Å². The molecule has 120 valence electrons. The van der Waals surface area contributed by atoms with Crippen LogP contribution in [0.15, 0.2) is 0 Å². The van der Waals surface area contributed by atoms with Crippen LogP contribution < -0.4 is 5.32 Å². The van der Waals surface area contributed by atoms with Gasteiger partial charge in [0.2, 0.25) is 0 Å². The molecule has 2 aliphatic rings. The normalized spacial score (nSPS) is 37.1. The lowest BCUT2D eigenvalue weighted by Gasteiger charge is -2.43. The SMILES string of the molecule is CC1CCC(NC(=O)N2C(C)CCCC2C)(C(=O)O)CC1. The lowest BCUT2D eigenvalue weighted by Crippen LogP contribution is -2.62. The second-order valence-corrected chi connectivity index (χ2v) is 7.04. The van der Waals surface area contributed by atoms with E-state index in [0.29, 0.717) is 18.8 Å². The van der Waals surface area contributed by atoms with E-state index in [1.54, 1.807) is 0 Å². The zero-order valence-corrected chi connectivity index (χ0v) is 13.4. The highest BCUT2D eigenvalue weighted by molar-refractivity contribution is 5.86. The lowest BCUT2D eigenvalue weighted by atomic mass is 9.77. The van der Waals surface area contributed by atoms with E-state index in [9.17, 15) is 14.7 Å². The van der Waals surface area contributed by atoms with E-state index < -0.39 is 11.5 Å². The number of hydrogen-bond donors (Lipinski definition) is 2. The number of rotatable bonds is 2. The number of urea groups is 1. The van der Waals surface area contributed by atoms with Crippen LogP contribution in [-0.4, -0.2) is 39.6 Å². The zero-order chi connectivity index (χ0) is 15.6. The molecule has 2 rings (SSSR count). The fourth-order valence-corrected chi connectivity index (χ4v) is 3.74. The molecule has 1 saturated heterocycles. The largest absolute Gasteiger partial charge is 0.480 e. The number of aliphatic carboxylic acids is 1. The summed E-state index contributed by atoms with van der Waals surface area (Å²) in [6.45, 7) is 6.24. The number of carbonyl (C=O) groups excluding carboxylic acids is 1. The minimum Gasteiger partial charge on any atom is -0.480 e. The Bertz CT molecular complexity index is 392. The quantitative estimate of drug-likeness (QED) is 0.823. The molecule has 5 heteroatoms. The summed E-state index contributed by atoms with van der Waals surface area (Å²) >= 11 is 0. The number of carboxylic acid groups (broad SMARTS) is 1. The van der Waals surface area contributed by atoms with Crippen LogP contribution in [0.4, 0.5) is 4.79 Å². The molecule has 1 saturated carbocycles. The van der Waals surface area contributed by atoms with Gasteiger partial charge in [-0.3, -0.25) is 0 Å². The molecule has 2 fully saturated rings. The first kappa shape index (κ1) is 16.1. The fourth-order valence-electron chi connectivity index (χ4n) is 3.74. The first-order valence-corrected chi connectivity index (χ1v) is 8.19. The summed E-state index contributed by atoms with van der Waals surface area (Å²) in [5, 5.41) is 12.5. The number of hydrogen-bond acceptors (Lipinski definition) is 2. The molecule has 2 N–H and O–H groups in total. The van der Waals surface area contributed by atoms with E-state index in [2.05, 4.69) is 12.2 Å². The molecule has 0 spiro atoms. The predicted octanol–water partition coefficient (Wildman–Crippen LogP) is 2.99. The molecule has 2 unspecified atom stereocenters. The highest BCUT2D eigenvalue weighted by Crippen LogP contribution is 2.33. The molecular weight excluding hydrogens is 268 g/mol. The Hall–Kier alpha value is -1.26. The molecule has 1 heterocycles. The summed E-state index contributed by atoms with van der Waals surface area (Å²) in [7, 11) is 0. The number of carbonyl (C=O) groups is 2. The summed E-state index contributed by atoms with van der Waals surface area (Å²) in [5.41, 5.74) is -1.07. The van der Waals surface area contributed by atoms with E-state index >= 15 is 0 Å². The highest BCUT2D eigenvalue weighted by Gasteiger charge is 2.44. The smallest absolute Gasteiger partial charge is 0.329 e. The Morgan fingerprint density at radius 2 is 1.57 bits per heavy atom. The summed E-state index contributed by atoms with van der Waals surface area (Å²) < 4.78 is 0. The van der Waals surface area contributed by atoms with Crippen LogP contribution in [0.2, 0.25) is 0 Å². The first-order valence-electron chi connectivity index (χ1n) is 8.19. The third-order valence-corrected chi connectivity index (χ3v) is 5.31. The highest BCUT2D eigenvalue weighted by atomic mass is 16.4. The standard InChI is InChI=1S/C16H28N2O3/c1-11-7-9-16(10-8-11,14(19)20)17-15(21)18-12(2)5-4-6-13(18)3/h11-13H,4-10H2,1-3H3,(H,17,21)(H,19,20). The van der Waals surface area contributed by atoms with Gasteiger partial charge >= 0.3 is 12.0 Å².